The van der Waals surface area contributed by atoms with E-state index in [-0.39, 0.29) is 6.92 Å². The van der Waals surface area contributed by atoms with E-state index in [1.807, 2.05) is 0 Å². The Morgan fingerprint density at radius 3 is 1.73 bits per heavy atom. The first kappa shape index (κ1) is 25.2. The van der Waals surface area contributed by atoms with Crippen LogP contribution in [0.2, 0.25) is 0 Å². The maximum absolute atomic E-state index is 13.7. The van der Waals surface area contributed by atoms with Crippen molar-refractivity contribution in [2.45, 2.75) is 63.2 Å². The molecule has 0 aliphatic rings. The maximum Gasteiger partial charge on any atom is 0.423 e. The van der Waals surface area contributed by atoms with Crippen LogP contribution in [0.4, 0.5) is 39.5 Å². The largest absolute Gasteiger partial charge is 0.423 e. The van der Waals surface area contributed by atoms with Crippen molar-refractivity contribution in [1.29, 1.82) is 0 Å². The van der Waals surface area contributed by atoms with E-state index in [1.165, 1.54) is 0 Å². The molecule has 0 aromatic heterocycles. The SMILES string of the molecule is CCC(CC(C)(F)F)OC(F)(F)C(OC(F)(F)CS(=O)(=O)O)C(F)(F)F. The molecule has 0 aliphatic carbocycles. The third-order valence-corrected chi connectivity index (χ3v) is 3.31. The van der Waals surface area contributed by atoms with Crippen LogP contribution in [0.5, 0.6) is 0 Å². The number of rotatable bonds is 10. The van der Waals surface area contributed by atoms with E-state index in [2.05, 4.69) is 9.47 Å². The summed E-state index contributed by atoms with van der Waals surface area (Å²) in [6, 6.07) is 0. The second-order valence-corrected chi connectivity index (χ2v) is 6.84. The van der Waals surface area contributed by atoms with Gasteiger partial charge in [0.15, 0.2) is 5.75 Å². The fourth-order valence-electron chi connectivity index (χ4n) is 1.70. The van der Waals surface area contributed by atoms with Crippen LogP contribution in [0.1, 0.15) is 26.7 Å². The Kier molecular flexibility index (Phi) is 7.81. The Hall–Kier alpha value is -0.800. The van der Waals surface area contributed by atoms with Crippen LogP contribution in [-0.4, -0.2) is 55.2 Å². The van der Waals surface area contributed by atoms with E-state index < -0.39 is 65.2 Å². The smallest absolute Gasteiger partial charge is 0.315 e. The van der Waals surface area contributed by atoms with Crippen LogP contribution in [0.3, 0.4) is 0 Å². The van der Waals surface area contributed by atoms with E-state index in [0.717, 1.165) is 6.92 Å². The minimum absolute atomic E-state index is 0.273. The highest BCUT2D eigenvalue weighted by atomic mass is 32.2. The molecule has 1 N–H and O–H groups in total. The minimum Gasteiger partial charge on any atom is -0.315 e. The second-order valence-electron chi connectivity index (χ2n) is 5.39. The van der Waals surface area contributed by atoms with E-state index >= 15 is 0 Å². The van der Waals surface area contributed by atoms with E-state index in [9.17, 15) is 47.9 Å². The molecule has 15 heteroatoms. The molecule has 0 radical (unpaired) electrons. The zero-order chi connectivity index (χ0) is 21.2. The quantitative estimate of drug-likeness (QED) is 0.421. The van der Waals surface area contributed by atoms with Gasteiger partial charge in [0.2, 0.25) is 12.0 Å². The molecule has 2 unspecified atom stereocenters. The van der Waals surface area contributed by atoms with Gasteiger partial charge in [0.25, 0.3) is 10.1 Å². The highest BCUT2D eigenvalue weighted by Gasteiger charge is 2.62. The molecular weight excluding hydrogens is 415 g/mol. The Bertz CT molecular complexity index is 555. The van der Waals surface area contributed by atoms with Crippen LogP contribution in [0, 0.1) is 0 Å². The maximum atomic E-state index is 13.7. The highest BCUT2D eigenvalue weighted by molar-refractivity contribution is 7.85. The Morgan fingerprint density at radius 2 is 1.42 bits per heavy atom. The molecule has 0 aromatic rings. The van der Waals surface area contributed by atoms with Gasteiger partial charge >= 0.3 is 18.4 Å². The Balaban J connectivity index is 5.57. The van der Waals surface area contributed by atoms with Crippen molar-refractivity contribution < 1.29 is 62.0 Å². The van der Waals surface area contributed by atoms with Gasteiger partial charge in [0, 0.05) is 6.42 Å². The van der Waals surface area contributed by atoms with Crippen LogP contribution in [0.15, 0.2) is 0 Å². The van der Waals surface area contributed by atoms with Crippen molar-refractivity contribution in [3.05, 3.63) is 0 Å². The number of alkyl halides is 9. The van der Waals surface area contributed by atoms with Crippen molar-refractivity contribution in [2.24, 2.45) is 0 Å². The van der Waals surface area contributed by atoms with Crippen molar-refractivity contribution in [1.82, 2.24) is 0 Å². The number of hydrogen-bond acceptors (Lipinski definition) is 4. The van der Waals surface area contributed by atoms with Gasteiger partial charge in [-0.25, -0.2) is 8.78 Å². The van der Waals surface area contributed by atoms with Gasteiger partial charge in [0.05, 0.1) is 6.10 Å². The molecule has 0 aliphatic heterocycles. The van der Waals surface area contributed by atoms with Gasteiger partial charge < -0.3 is 4.74 Å². The average molecular weight is 430 g/mol. The lowest BCUT2D eigenvalue weighted by molar-refractivity contribution is -0.416. The van der Waals surface area contributed by atoms with Gasteiger partial charge in [-0.05, 0) is 13.3 Å². The Morgan fingerprint density at radius 1 is 0.962 bits per heavy atom. The first-order chi connectivity index (χ1) is 11.2. The predicted octanol–water partition coefficient (Wildman–Crippen LogP) is 3.85. The molecular formula is C11H15F9O5S. The van der Waals surface area contributed by atoms with Crippen molar-refractivity contribution >= 4 is 10.1 Å². The summed E-state index contributed by atoms with van der Waals surface area (Å²) in [6.07, 6.45) is -26.0. The molecule has 0 aromatic carbocycles. The fraction of sp³-hybridized carbons (Fsp3) is 1.00. The van der Waals surface area contributed by atoms with Crippen LogP contribution < -0.4 is 0 Å². The standard InChI is InChI=1S/C11H15F9O5S/c1-3-6(4-8(2,12)13)24-11(19,20)7(10(16,17)18)25-9(14,15)5-26(21,22)23/h6-7H,3-5H2,1-2H3,(H,21,22,23). The average Bonchev–Trinajstić information content (AvgIpc) is 2.28. The molecule has 0 spiro atoms. The molecule has 2 atom stereocenters. The number of ether oxygens (including phenoxy) is 2. The van der Waals surface area contributed by atoms with Crippen LogP contribution in [-0.2, 0) is 19.6 Å². The first-order valence-corrected chi connectivity index (χ1v) is 8.30. The normalized spacial score (nSPS) is 17.2. The molecule has 0 saturated heterocycles. The van der Waals surface area contributed by atoms with Gasteiger partial charge in [0.1, 0.15) is 0 Å². The topological polar surface area (TPSA) is 72.8 Å². The van der Waals surface area contributed by atoms with E-state index in [4.69, 9.17) is 4.55 Å². The summed E-state index contributed by atoms with van der Waals surface area (Å²) in [5.74, 6) is -6.35. The minimum atomic E-state index is -6.20. The molecule has 0 fully saturated rings. The van der Waals surface area contributed by atoms with Gasteiger partial charge in [-0.15, -0.1) is 0 Å². The molecule has 5 nitrogen and oxygen atoms in total. The lowest BCUT2D eigenvalue weighted by atomic mass is 10.1. The van der Waals surface area contributed by atoms with Crippen molar-refractivity contribution in [3.63, 3.8) is 0 Å². The second kappa shape index (κ2) is 8.06. The first-order valence-electron chi connectivity index (χ1n) is 6.69. The van der Waals surface area contributed by atoms with E-state index in [1.54, 1.807) is 0 Å². The molecule has 158 valence electrons. The van der Waals surface area contributed by atoms with Crippen molar-refractivity contribution in [2.75, 3.05) is 5.75 Å². The summed E-state index contributed by atoms with van der Waals surface area (Å²) in [4.78, 5) is 0. The number of halogens is 9. The zero-order valence-electron chi connectivity index (χ0n) is 13.2. The molecule has 0 amide bonds. The number of hydrogen-bond donors (Lipinski definition) is 1. The third kappa shape index (κ3) is 9.78. The molecule has 0 heterocycles. The summed E-state index contributed by atoms with van der Waals surface area (Å²) in [7, 11) is -5.60. The molecule has 0 bridgehead atoms. The molecule has 0 saturated carbocycles. The van der Waals surface area contributed by atoms with Crippen LogP contribution in [0.25, 0.3) is 0 Å². The fourth-order valence-corrected chi connectivity index (χ4v) is 2.19. The lowest BCUT2D eigenvalue weighted by Gasteiger charge is -2.33. The highest BCUT2D eigenvalue weighted by Crippen LogP contribution is 2.40. The monoisotopic (exact) mass is 430 g/mol. The van der Waals surface area contributed by atoms with Gasteiger partial charge in [-0.2, -0.15) is 39.2 Å². The zero-order valence-corrected chi connectivity index (χ0v) is 14.0. The van der Waals surface area contributed by atoms with Gasteiger partial charge in [-0.3, -0.25) is 9.29 Å². The van der Waals surface area contributed by atoms with Crippen LogP contribution >= 0.6 is 0 Å². The molecule has 0 rings (SSSR count). The predicted molar refractivity (Wildman–Crippen MR) is 67.6 cm³/mol. The van der Waals surface area contributed by atoms with Gasteiger partial charge in [-0.1, -0.05) is 6.92 Å². The summed E-state index contributed by atoms with van der Waals surface area (Å²) < 4.78 is 153. The summed E-state index contributed by atoms with van der Waals surface area (Å²) >= 11 is 0. The summed E-state index contributed by atoms with van der Waals surface area (Å²) in [5, 5.41) is 0. The lowest BCUT2D eigenvalue weighted by Crippen LogP contribution is -2.54. The summed E-state index contributed by atoms with van der Waals surface area (Å²) in [6.45, 7) is 1.29. The summed E-state index contributed by atoms with van der Waals surface area (Å²) in [5.41, 5.74) is 0. The Labute approximate surface area is 142 Å². The third-order valence-electron chi connectivity index (χ3n) is 2.61. The van der Waals surface area contributed by atoms with Crippen molar-refractivity contribution in [3.8, 4) is 0 Å². The molecule has 26 heavy (non-hydrogen) atoms. The van der Waals surface area contributed by atoms with E-state index in [0.29, 0.717) is 0 Å².